The van der Waals surface area contributed by atoms with Crippen LogP contribution in [-0.2, 0) is 9.59 Å². The lowest BCUT2D eigenvalue weighted by atomic mass is 9.99. The highest BCUT2D eigenvalue weighted by molar-refractivity contribution is 7.81. The van der Waals surface area contributed by atoms with Gasteiger partial charge < -0.3 is 10.2 Å². The monoisotopic (exact) mass is 264 g/mol. The number of hydrogen-bond donors (Lipinski definition) is 4. The molecule has 0 aromatic rings. The lowest BCUT2D eigenvalue weighted by molar-refractivity contribution is -0.136. The van der Waals surface area contributed by atoms with Gasteiger partial charge in [-0.25, -0.2) is 9.59 Å². The third kappa shape index (κ3) is 5.46. The Morgan fingerprint density at radius 1 is 0.938 bits per heavy atom. The van der Waals surface area contributed by atoms with Crippen molar-refractivity contribution in [1.82, 2.24) is 0 Å². The molecule has 0 aromatic carbocycles. The minimum absolute atomic E-state index is 0.0871. The van der Waals surface area contributed by atoms with Gasteiger partial charge in [-0.2, -0.15) is 25.3 Å². The number of aliphatic carboxylic acids is 2. The topological polar surface area (TPSA) is 74.6 Å². The first-order valence-corrected chi connectivity index (χ1v) is 5.83. The van der Waals surface area contributed by atoms with Crippen molar-refractivity contribution >= 4 is 37.2 Å². The van der Waals surface area contributed by atoms with E-state index in [4.69, 9.17) is 10.2 Å². The van der Waals surface area contributed by atoms with Crippen LogP contribution in [0.3, 0.4) is 0 Å². The molecule has 0 bridgehead atoms. The summed E-state index contributed by atoms with van der Waals surface area (Å²) in [6.07, 6.45) is 0.251. The molecule has 0 rings (SSSR count). The molecular formula is C10H16O4S2. The van der Waals surface area contributed by atoms with E-state index in [0.29, 0.717) is 0 Å². The summed E-state index contributed by atoms with van der Waals surface area (Å²) < 4.78 is 0. The second-order valence-corrected chi connectivity index (χ2v) is 5.44. The Balaban J connectivity index is 5.26. The van der Waals surface area contributed by atoms with Crippen LogP contribution in [0.15, 0.2) is 11.1 Å². The second-order valence-electron chi connectivity index (χ2n) is 3.67. The molecule has 0 aliphatic heterocycles. The molecule has 0 fully saturated rings. The summed E-state index contributed by atoms with van der Waals surface area (Å²) in [5.41, 5.74) is -0.174. The van der Waals surface area contributed by atoms with E-state index in [1.54, 1.807) is 13.8 Å². The van der Waals surface area contributed by atoms with Gasteiger partial charge in [0.15, 0.2) is 0 Å². The van der Waals surface area contributed by atoms with E-state index in [0.717, 1.165) is 0 Å². The maximum absolute atomic E-state index is 11.0. The average molecular weight is 264 g/mol. The molecule has 0 aliphatic rings. The zero-order valence-electron chi connectivity index (χ0n) is 9.17. The smallest absolute Gasteiger partial charge is 0.332 e. The van der Waals surface area contributed by atoms with Crippen molar-refractivity contribution in [3.63, 3.8) is 0 Å². The first kappa shape index (κ1) is 15.4. The molecule has 0 radical (unpaired) electrons. The summed E-state index contributed by atoms with van der Waals surface area (Å²) in [5.74, 6) is -2.40. The summed E-state index contributed by atoms with van der Waals surface area (Å²) in [6, 6.07) is 0. The molecule has 16 heavy (non-hydrogen) atoms. The number of carboxylic acid groups (broad SMARTS) is 2. The molecule has 0 saturated heterocycles. The molecule has 0 saturated carbocycles. The Bertz CT molecular complexity index is 278. The average Bonchev–Trinajstić information content (AvgIpc) is 2.09. The van der Waals surface area contributed by atoms with Crippen LogP contribution in [0.2, 0.25) is 0 Å². The van der Waals surface area contributed by atoms with E-state index in [-0.39, 0.29) is 34.5 Å². The molecular weight excluding hydrogens is 248 g/mol. The molecule has 0 aliphatic carbocycles. The van der Waals surface area contributed by atoms with Crippen LogP contribution < -0.4 is 0 Å². The zero-order chi connectivity index (χ0) is 12.9. The van der Waals surface area contributed by atoms with Crippen molar-refractivity contribution in [3.05, 3.63) is 11.1 Å². The highest BCUT2D eigenvalue weighted by atomic mass is 32.1. The summed E-state index contributed by atoms with van der Waals surface area (Å²) in [4.78, 5) is 22.0. The van der Waals surface area contributed by atoms with Crippen LogP contribution >= 0.6 is 25.3 Å². The fraction of sp³-hybridized carbons (Fsp3) is 0.600. The van der Waals surface area contributed by atoms with Gasteiger partial charge in [0.05, 0.1) is 0 Å². The minimum Gasteiger partial charge on any atom is -0.478 e. The molecule has 0 aromatic heterocycles. The van der Waals surface area contributed by atoms with E-state index < -0.39 is 11.9 Å². The highest BCUT2D eigenvalue weighted by Crippen LogP contribution is 2.20. The minimum atomic E-state index is -1.20. The van der Waals surface area contributed by atoms with Crippen LogP contribution in [0, 0.1) is 0 Å². The van der Waals surface area contributed by atoms with Crippen molar-refractivity contribution in [2.24, 2.45) is 0 Å². The van der Waals surface area contributed by atoms with Gasteiger partial charge in [-0.05, 0) is 12.8 Å². The lowest BCUT2D eigenvalue weighted by Crippen LogP contribution is -2.16. The zero-order valence-corrected chi connectivity index (χ0v) is 11.0. The van der Waals surface area contributed by atoms with Gasteiger partial charge >= 0.3 is 11.9 Å². The number of carbonyl (C=O) groups is 2. The Labute approximate surface area is 106 Å². The lowest BCUT2D eigenvalue weighted by Gasteiger charge is -2.12. The van der Waals surface area contributed by atoms with Gasteiger partial charge in [0.25, 0.3) is 0 Å². The predicted molar refractivity (Wildman–Crippen MR) is 68.4 cm³/mol. The van der Waals surface area contributed by atoms with Crippen LogP contribution in [-0.4, -0.2) is 32.7 Å². The summed E-state index contributed by atoms with van der Waals surface area (Å²) in [7, 11) is 0. The van der Waals surface area contributed by atoms with Crippen LogP contribution in [0.5, 0.6) is 0 Å². The van der Waals surface area contributed by atoms with E-state index in [1.807, 2.05) is 0 Å². The van der Waals surface area contributed by atoms with Crippen LogP contribution in [0.1, 0.15) is 26.7 Å². The highest BCUT2D eigenvalue weighted by Gasteiger charge is 2.22. The largest absolute Gasteiger partial charge is 0.478 e. The van der Waals surface area contributed by atoms with E-state index in [2.05, 4.69) is 25.3 Å². The Morgan fingerprint density at radius 3 is 1.31 bits per heavy atom. The van der Waals surface area contributed by atoms with E-state index >= 15 is 0 Å². The first-order chi connectivity index (χ1) is 7.25. The number of thiol groups is 2. The molecule has 0 heterocycles. The van der Waals surface area contributed by atoms with E-state index in [1.165, 1.54) is 0 Å². The second kappa shape index (κ2) is 6.85. The standard InChI is InChI=1S/C10H16O4S2/c1-5(15)3-7(9(11)12)8(10(13)14)4-6(2)16/h5-6,15-16H,3-4H2,1-2H3,(H,11,12)(H,13,14). The van der Waals surface area contributed by atoms with Gasteiger partial charge in [0.1, 0.15) is 0 Å². The Morgan fingerprint density at radius 2 is 1.19 bits per heavy atom. The summed E-state index contributed by atoms with van der Waals surface area (Å²) >= 11 is 8.15. The molecule has 2 unspecified atom stereocenters. The maximum atomic E-state index is 11.0. The van der Waals surface area contributed by atoms with Crippen molar-refractivity contribution < 1.29 is 19.8 Å². The Hall–Kier alpha value is -0.620. The van der Waals surface area contributed by atoms with Gasteiger partial charge in [0, 0.05) is 21.6 Å². The van der Waals surface area contributed by atoms with Gasteiger partial charge in [-0.1, -0.05) is 13.8 Å². The molecule has 6 heteroatoms. The predicted octanol–water partition coefficient (Wildman–Crippen LogP) is 1.87. The number of carboxylic acids is 2. The van der Waals surface area contributed by atoms with Crippen LogP contribution in [0.25, 0.3) is 0 Å². The molecule has 2 atom stereocenters. The first-order valence-electron chi connectivity index (χ1n) is 4.80. The molecule has 4 nitrogen and oxygen atoms in total. The van der Waals surface area contributed by atoms with Crippen molar-refractivity contribution in [2.75, 3.05) is 0 Å². The summed E-state index contributed by atoms with van der Waals surface area (Å²) in [6.45, 7) is 3.44. The third-order valence-electron chi connectivity index (χ3n) is 1.88. The summed E-state index contributed by atoms with van der Waals surface area (Å²) in [5, 5.41) is 17.6. The SMILES string of the molecule is CC(S)CC(C(=O)O)=C(CC(C)S)C(=O)O. The normalized spacial score (nSPS) is 16.2. The van der Waals surface area contributed by atoms with Gasteiger partial charge in [-0.3, -0.25) is 0 Å². The Kier molecular flexibility index (Phi) is 6.59. The fourth-order valence-corrected chi connectivity index (χ4v) is 1.64. The van der Waals surface area contributed by atoms with Gasteiger partial charge in [-0.15, -0.1) is 0 Å². The van der Waals surface area contributed by atoms with Crippen molar-refractivity contribution in [1.29, 1.82) is 0 Å². The molecule has 2 N–H and O–H groups in total. The van der Waals surface area contributed by atoms with E-state index in [9.17, 15) is 9.59 Å². The number of rotatable bonds is 6. The molecule has 0 amide bonds. The van der Waals surface area contributed by atoms with Crippen molar-refractivity contribution in [3.8, 4) is 0 Å². The van der Waals surface area contributed by atoms with Crippen molar-refractivity contribution in [2.45, 2.75) is 37.2 Å². The molecule has 0 spiro atoms. The number of hydrogen-bond acceptors (Lipinski definition) is 4. The van der Waals surface area contributed by atoms with Crippen LogP contribution in [0.4, 0.5) is 0 Å². The fourth-order valence-electron chi connectivity index (χ4n) is 1.27. The maximum Gasteiger partial charge on any atom is 0.332 e. The third-order valence-corrected chi connectivity index (χ3v) is 2.24. The van der Waals surface area contributed by atoms with Gasteiger partial charge in [0.2, 0.25) is 0 Å². The quantitative estimate of drug-likeness (QED) is 0.436. The molecule has 92 valence electrons.